The van der Waals surface area contributed by atoms with E-state index >= 15 is 0 Å². The summed E-state index contributed by atoms with van der Waals surface area (Å²) in [5.41, 5.74) is 4.00. The van der Waals surface area contributed by atoms with Crippen molar-refractivity contribution in [1.29, 1.82) is 0 Å². The highest BCUT2D eigenvalue weighted by Gasteiger charge is 2.13. The first-order valence-corrected chi connectivity index (χ1v) is 11.1. The van der Waals surface area contributed by atoms with E-state index in [0.29, 0.717) is 28.8 Å². The number of hydrogen-bond donors (Lipinski definition) is 1. The molecule has 0 radical (unpaired) electrons. The maximum Gasteiger partial charge on any atom is 0.163 e. The van der Waals surface area contributed by atoms with Gasteiger partial charge in [0.2, 0.25) is 0 Å². The second kappa shape index (κ2) is 9.56. The predicted molar refractivity (Wildman–Crippen MR) is 136 cm³/mol. The maximum atomic E-state index is 13.7. The van der Waals surface area contributed by atoms with Gasteiger partial charge in [0.05, 0.1) is 24.8 Å². The van der Waals surface area contributed by atoms with Crippen molar-refractivity contribution in [3.8, 4) is 34.0 Å². The average molecular weight is 487 g/mol. The zero-order chi connectivity index (χ0) is 24.4. The minimum absolute atomic E-state index is 0.0202. The van der Waals surface area contributed by atoms with Gasteiger partial charge in [-0.05, 0) is 65.7 Å². The van der Waals surface area contributed by atoms with Gasteiger partial charge in [0, 0.05) is 29.0 Å². The minimum atomic E-state index is -0.489. The summed E-state index contributed by atoms with van der Waals surface area (Å²) in [5.74, 6) is 1.86. The Balaban J connectivity index is 1.66. The molecule has 0 unspecified atom stereocenters. The van der Waals surface area contributed by atoms with Crippen molar-refractivity contribution in [2.75, 3.05) is 19.5 Å². The number of ether oxygens (including phenoxy) is 2. The first kappa shape index (κ1) is 22.6. The molecule has 35 heavy (non-hydrogen) atoms. The number of halogens is 2. The number of anilines is 2. The van der Waals surface area contributed by atoms with Crippen LogP contribution in [0, 0.1) is 5.82 Å². The summed E-state index contributed by atoms with van der Waals surface area (Å²) < 4.78 is 24.5. The van der Waals surface area contributed by atoms with E-state index in [0.717, 1.165) is 27.6 Å². The molecule has 0 spiro atoms. The second-order valence-electron chi connectivity index (χ2n) is 7.69. The quantitative estimate of drug-likeness (QED) is 0.281. The first-order chi connectivity index (χ1) is 17.1. The summed E-state index contributed by atoms with van der Waals surface area (Å²) in [6.45, 7) is 0. The van der Waals surface area contributed by atoms with E-state index < -0.39 is 5.82 Å². The molecule has 3 aromatic carbocycles. The molecule has 0 saturated carbocycles. The van der Waals surface area contributed by atoms with Crippen LogP contribution in [0.4, 0.5) is 15.9 Å². The average Bonchev–Trinajstić information content (AvgIpc) is 2.90. The van der Waals surface area contributed by atoms with E-state index in [1.807, 2.05) is 48.5 Å². The molecule has 0 aliphatic carbocycles. The first-order valence-electron chi connectivity index (χ1n) is 10.7. The number of nitrogens with one attached hydrogen (secondary N) is 1. The summed E-state index contributed by atoms with van der Waals surface area (Å²) in [4.78, 5) is 13.7. The maximum absolute atomic E-state index is 13.7. The van der Waals surface area contributed by atoms with Crippen LogP contribution >= 0.6 is 11.6 Å². The third kappa shape index (κ3) is 4.58. The lowest BCUT2D eigenvalue weighted by Gasteiger charge is -2.14. The Morgan fingerprint density at radius 1 is 0.829 bits per heavy atom. The number of aromatic nitrogens is 3. The van der Waals surface area contributed by atoms with Gasteiger partial charge in [0.1, 0.15) is 11.6 Å². The Morgan fingerprint density at radius 2 is 1.63 bits per heavy atom. The molecule has 0 atom stereocenters. The van der Waals surface area contributed by atoms with Gasteiger partial charge >= 0.3 is 0 Å². The molecule has 0 saturated heterocycles. The Morgan fingerprint density at radius 3 is 2.37 bits per heavy atom. The molecule has 6 nitrogen and oxygen atoms in total. The van der Waals surface area contributed by atoms with E-state index in [9.17, 15) is 4.39 Å². The SMILES string of the molecule is COc1ccc(-c2ccc3nc(-c4cccnc4)nc(Nc4ccc(F)c(Cl)c4)c3c2)cc1OC. The van der Waals surface area contributed by atoms with Gasteiger partial charge in [-0.1, -0.05) is 23.7 Å². The van der Waals surface area contributed by atoms with E-state index in [1.165, 1.54) is 12.1 Å². The number of methoxy groups -OCH3 is 2. The van der Waals surface area contributed by atoms with Crippen LogP contribution in [0.3, 0.4) is 0 Å². The summed E-state index contributed by atoms with van der Waals surface area (Å²) in [7, 11) is 3.20. The van der Waals surface area contributed by atoms with Gasteiger partial charge in [-0.2, -0.15) is 0 Å². The number of nitrogens with zero attached hydrogens (tertiary/aromatic N) is 3. The molecule has 0 aliphatic rings. The van der Waals surface area contributed by atoms with Crippen LogP contribution in [0.1, 0.15) is 0 Å². The van der Waals surface area contributed by atoms with Crippen molar-refractivity contribution in [3.63, 3.8) is 0 Å². The van der Waals surface area contributed by atoms with Crippen LogP contribution in [0.15, 0.2) is 79.1 Å². The molecule has 2 aromatic heterocycles. The third-order valence-electron chi connectivity index (χ3n) is 5.51. The van der Waals surface area contributed by atoms with Gasteiger partial charge in [-0.25, -0.2) is 14.4 Å². The topological polar surface area (TPSA) is 69.2 Å². The second-order valence-corrected chi connectivity index (χ2v) is 8.10. The Labute approximate surface area is 206 Å². The molecular formula is C27H20ClFN4O2. The predicted octanol–water partition coefficient (Wildman–Crippen LogP) is 6.91. The molecule has 0 aliphatic heterocycles. The molecule has 0 fully saturated rings. The van der Waals surface area contributed by atoms with Crippen molar-refractivity contribution in [3.05, 3.63) is 90.0 Å². The molecule has 5 aromatic rings. The number of rotatable bonds is 6. The van der Waals surface area contributed by atoms with Gasteiger partial charge in [0.15, 0.2) is 17.3 Å². The molecule has 2 heterocycles. The molecular weight excluding hydrogens is 467 g/mol. The highest BCUT2D eigenvalue weighted by Crippen LogP contribution is 2.35. The molecule has 8 heteroatoms. The van der Waals surface area contributed by atoms with Crippen LogP contribution in [-0.2, 0) is 0 Å². The number of pyridine rings is 1. The summed E-state index contributed by atoms with van der Waals surface area (Å²) in [6, 6.07) is 19.8. The zero-order valence-corrected chi connectivity index (χ0v) is 19.7. The molecule has 0 amide bonds. The lowest BCUT2D eigenvalue weighted by Crippen LogP contribution is -2.00. The minimum Gasteiger partial charge on any atom is -0.493 e. The van der Waals surface area contributed by atoms with Crippen molar-refractivity contribution < 1.29 is 13.9 Å². The highest BCUT2D eigenvalue weighted by atomic mass is 35.5. The largest absolute Gasteiger partial charge is 0.493 e. The zero-order valence-electron chi connectivity index (χ0n) is 18.9. The van der Waals surface area contributed by atoms with Crippen molar-refractivity contribution >= 4 is 34.0 Å². The van der Waals surface area contributed by atoms with Crippen molar-refractivity contribution in [2.24, 2.45) is 0 Å². The van der Waals surface area contributed by atoms with Crippen LogP contribution in [0.25, 0.3) is 33.4 Å². The molecule has 1 N–H and O–H groups in total. The number of benzene rings is 3. The van der Waals surface area contributed by atoms with E-state index in [4.69, 9.17) is 31.0 Å². The standard InChI is InChI=1S/C27H20ClFN4O2/c1-34-24-10-6-17(13-25(24)35-2)16-5-9-23-20(12-16)27(31-19-7-8-22(29)21(28)14-19)33-26(32-23)18-4-3-11-30-15-18/h3-15H,1-2H3,(H,31,32,33). The van der Waals surface area contributed by atoms with Gasteiger partial charge in [-0.15, -0.1) is 0 Å². The van der Waals surface area contributed by atoms with Gasteiger partial charge < -0.3 is 14.8 Å². The number of hydrogen-bond acceptors (Lipinski definition) is 6. The fraction of sp³-hybridized carbons (Fsp3) is 0.0741. The lowest BCUT2D eigenvalue weighted by atomic mass is 10.0. The van der Waals surface area contributed by atoms with E-state index in [1.54, 1.807) is 32.7 Å². The van der Waals surface area contributed by atoms with Gasteiger partial charge in [-0.3, -0.25) is 4.98 Å². The number of fused-ring (bicyclic) bond motifs is 1. The monoisotopic (exact) mass is 486 g/mol. The fourth-order valence-electron chi connectivity index (χ4n) is 3.75. The molecule has 174 valence electrons. The normalized spacial score (nSPS) is 10.9. The van der Waals surface area contributed by atoms with Crippen molar-refractivity contribution in [2.45, 2.75) is 0 Å². The van der Waals surface area contributed by atoms with E-state index in [-0.39, 0.29) is 5.02 Å². The fourth-order valence-corrected chi connectivity index (χ4v) is 3.93. The van der Waals surface area contributed by atoms with Crippen molar-refractivity contribution in [1.82, 2.24) is 15.0 Å². The Kier molecular flexibility index (Phi) is 6.16. The summed E-state index contributed by atoms with van der Waals surface area (Å²) in [6.07, 6.45) is 3.40. The molecule has 5 rings (SSSR count). The molecule has 0 bridgehead atoms. The smallest absolute Gasteiger partial charge is 0.163 e. The highest BCUT2D eigenvalue weighted by molar-refractivity contribution is 6.31. The Bertz CT molecular complexity index is 1530. The van der Waals surface area contributed by atoms with Gasteiger partial charge in [0.25, 0.3) is 0 Å². The lowest BCUT2D eigenvalue weighted by molar-refractivity contribution is 0.355. The van der Waals surface area contributed by atoms with Crippen LogP contribution < -0.4 is 14.8 Å². The van der Waals surface area contributed by atoms with Crippen LogP contribution in [0.5, 0.6) is 11.5 Å². The van der Waals surface area contributed by atoms with Crippen LogP contribution in [0.2, 0.25) is 5.02 Å². The third-order valence-corrected chi connectivity index (χ3v) is 5.80. The summed E-state index contributed by atoms with van der Waals surface area (Å²) in [5, 5.41) is 4.08. The Hall–Kier alpha value is -4.23. The summed E-state index contributed by atoms with van der Waals surface area (Å²) >= 11 is 6.01. The van der Waals surface area contributed by atoms with Crippen LogP contribution in [-0.4, -0.2) is 29.2 Å². The van der Waals surface area contributed by atoms with E-state index in [2.05, 4.69) is 10.3 Å².